The molecule has 0 saturated heterocycles. The minimum absolute atomic E-state index is 0.209. The van der Waals surface area contributed by atoms with E-state index < -0.39 is 5.41 Å². The van der Waals surface area contributed by atoms with Crippen LogP contribution >= 0.6 is 0 Å². The van der Waals surface area contributed by atoms with Gasteiger partial charge >= 0.3 is 0 Å². The third-order valence-electron chi connectivity index (χ3n) is 14.7. The first kappa shape index (κ1) is 37.5. The summed E-state index contributed by atoms with van der Waals surface area (Å²) >= 11 is 0. The maximum Gasteiger partial charge on any atom is 0.0726 e. The van der Waals surface area contributed by atoms with E-state index in [1.807, 2.05) is 0 Å². The molecule has 0 radical (unpaired) electrons. The molecular weight excluding hydrogens is 783 g/mol. The molecule has 0 amide bonds. The normalized spacial score (nSPS) is 13.9. The van der Waals surface area contributed by atoms with Crippen LogP contribution in [0.15, 0.2) is 237 Å². The second-order valence-corrected chi connectivity index (χ2v) is 18.4. The molecule has 65 heavy (non-hydrogen) atoms. The molecule has 0 heterocycles. The minimum Gasteiger partial charge on any atom is -0.310 e. The highest BCUT2D eigenvalue weighted by atomic mass is 15.1. The SMILES string of the molecule is CC1(C)c2cc(-c3ccccc3)ccc2-c2ccc(N(c3ccc(-c4ccc(-c5ccccc5)cc4)cc3)c3cccc4c3-c3ccccc3C43c4ccccc4-c4ccccc43)cc21. The first-order valence-corrected chi connectivity index (χ1v) is 22.8. The second-order valence-electron chi connectivity index (χ2n) is 18.4. The van der Waals surface area contributed by atoms with Crippen LogP contribution in [0.25, 0.3) is 66.8 Å². The van der Waals surface area contributed by atoms with Gasteiger partial charge in [-0.15, -0.1) is 0 Å². The zero-order chi connectivity index (χ0) is 43.3. The number of nitrogens with zero attached hydrogens (tertiary/aromatic N) is 1. The van der Waals surface area contributed by atoms with Gasteiger partial charge in [0, 0.05) is 22.4 Å². The van der Waals surface area contributed by atoms with Crippen molar-refractivity contribution in [3.05, 3.63) is 270 Å². The Morgan fingerprint density at radius 2 is 0.677 bits per heavy atom. The van der Waals surface area contributed by atoms with Crippen LogP contribution in [0.3, 0.4) is 0 Å². The van der Waals surface area contributed by atoms with Crippen molar-refractivity contribution in [2.75, 3.05) is 4.90 Å². The van der Waals surface area contributed by atoms with Crippen LogP contribution in [0, 0.1) is 0 Å². The van der Waals surface area contributed by atoms with Crippen LogP contribution in [0.2, 0.25) is 0 Å². The average Bonchev–Trinajstić information content (AvgIpc) is 3.93. The van der Waals surface area contributed by atoms with Crippen molar-refractivity contribution in [2.45, 2.75) is 24.7 Å². The molecule has 1 nitrogen and oxygen atoms in total. The smallest absolute Gasteiger partial charge is 0.0726 e. The Morgan fingerprint density at radius 3 is 1.28 bits per heavy atom. The van der Waals surface area contributed by atoms with Crippen LogP contribution < -0.4 is 4.90 Å². The molecule has 0 N–H and O–H groups in total. The maximum atomic E-state index is 2.53. The van der Waals surface area contributed by atoms with Crippen LogP contribution in [0.4, 0.5) is 17.1 Å². The fourth-order valence-electron chi connectivity index (χ4n) is 11.7. The lowest BCUT2D eigenvalue weighted by Crippen LogP contribution is -2.26. The molecule has 0 saturated carbocycles. The van der Waals surface area contributed by atoms with Crippen LogP contribution in [-0.4, -0.2) is 0 Å². The van der Waals surface area contributed by atoms with Gasteiger partial charge in [0.25, 0.3) is 0 Å². The molecule has 0 bridgehead atoms. The van der Waals surface area contributed by atoms with E-state index in [-0.39, 0.29) is 5.41 Å². The van der Waals surface area contributed by atoms with Crippen molar-refractivity contribution in [1.29, 1.82) is 0 Å². The van der Waals surface area contributed by atoms with Crippen LogP contribution in [0.5, 0.6) is 0 Å². The van der Waals surface area contributed by atoms with E-state index in [9.17, 15) is 0 Å². The molecule has 3 aliphatic carbocycles. The first-order chi connectivity index (χ1) is 32.0. The molecule has 0 fully saturated rings. The molecule has 0 unspecified atom stereocenters. The summed E-state index contributed by atoms with van der Waals surface area (Å²) in [6, 6.07) is 88.1. The van der Waals surface area contributed by atoms with Crippen molar-refractivity contribution in [3.63, 3.8) is 0 Å². The zero-order valence-electron chi connectivity index (χ0n) is 36.5. The van der Waals surface area contributed by atoms with Gasteiger partial charge in [-0.25, -0.2) is 0 Å². The molecule has 3 aliphatic rings. The van der Waals surface area contributed by atoms with Gasteiger partial charge in [0.15, 0.2) is 0 Å². The van der Waals surface area contributed by atoms with E-state index in [1.165, 1.54) is 106 Å². The van der Waals surface area contributed by atoms with Crippen LogP contribution in [0.1, 0.15) is 47.2 Å². The van der Waals surface area contributed by atoms with E-state index >= 15 is 0 Å². The Hall–Kier alpha value is -8.00. The number of benzene rings is 10. The van der Waals surface area contributed by atoms with E-state index in [0.717, 1.165) is 11.4 Å². The average molecular weight is 828 g/mol. The summed E-state index contributed by atoms with van der Waals surface area (Å²) in [7, 11) is 0. The van der Waals surface area contributed by atoms with Crippen molar-refractivity contribution < 1.29 is 0 Å². The van der Waals surface area contributed by atoms with Gasteiger partial charge in [0.1, 0.15) is 0 Å². The summed E-state index contributed by atoms with van der Waals surface area (Å²) in [5.74, 6) is 0. The van der Waals surface area contributed by atoms with E-state index in [1.54, 1.807) is 0 Å². The van der Waals surface area contributed by atoms with E-state index in [2.05, 4.69) is 255 Å². The van der Waals surface area contributed by atoms with Gasteiger partial charge in [-0.3, -0.25) is 0 Å². The summed E-state index contributed by atoms with van der Waals surface area (Å²) in [6.45, 7) is 4.79. The quantitative estimate of drug-likeness (QED) is 0.161. The van der Waals surface area contributed by atoms with Crippen molar-refractivity contribution >= 4 is 17.1 Å². The highest BCUT2D eigenvalue weighted by Gasteiger charge is 2.52. The summed E-state index contributed by atoms with van der Waals surface area (Å²) in [4.78, 5) is 2.53. The monoisotopic (exact) mass is 827 g/mol. The Labute approximate surface area is 381 Å². The number of rotatable bonds is 6. The molecule has 0 aliphatic heterocycles. The molecule has 306 valence electrons. The lowest BCUT2D eigenvalue weighted by atomic mass is 9.70. The summed E-state index contributed by atoms with van der Waals surface area (Å²) in [6.07, 6.45) is 0. The largest absolute Gasteiger partial charge is 0.310 e. The molecule has 0 atom stereocenters. The van der Waals surface area contributed by atoms with E-state index in [0.29, 0.717) is 0 Å². The zero-order valence-corrected chi connectivity index (χ0v) is 36.5. The highest BCUT2D eigenvalue weighted by Crippen LogP contribution is 2.65. The summed E-state index contributed by atoms with van der Waals surface area (Å²) < 4.78 is 0. The topological polar surface area (TPSA) is 3.24 Å². The fraction of sp³-hybridized carbons (Fsp3) is 0.0625. The van der Waals surface area contributed by atoms with Gasteiger partial charge in [-0.05, 0) is 131 Å². The number of hydrogen-bond acceptors (Lipinski definition) is 1. The Balaban J connectivity index is 0.999. The summed E-state index contributed by atoms with van der Waals surface area (Å²) in [5.41, 5.74) is 26.0. The molecular formula is C64H45N. The van der Waals surface area contributed by atoms with E-state index in [4.69, 9.17) is 0 Å². The number of hydrogen-bond donors (Lipinski definition) is 0. The third kappa shape index (κ3) is 5.46. The van der Waals surface area contributed by atoms with Crippen molar-refractivity contribution in [3.8, 4) is 66.8 Å². The first-order valence-electron chi connectivity index (χ1n) is 22.8. The van der Waals surface area contributed by atoms with Gasteiger partial charge in [0.05, 0.1) is 11.1 Å². The van der Waals surface area contributed by atoms with Gasteiger partial charge in [-0.2, -0.15) is 0 Å². The van der Waals surface area contributed by atoms with Gasteiger partial charge < -0.3 is 4.90 Å². The Bertz CT molecular complexity index is 3440. The molecule has 1 heteroatoms. The standard InChI is InChI=1S/C64H45N/c1-63(2)59-40-47(43-18-7-4-8-19-43)34-38-52(59)53-39-37-49(41-60(53)63)65(48-35-32-46(33-36-48)45-30-28-44(29-31-45)42-16-5-3-6-17-42)61-27-15-26-58-62(61)54-22-11-14-25-57(54)64(58)55-23-12-9-20-50(55)51-21-10-13-24-56(51)64/h3-41H,1-2H3. The Morgan fingerprint density at radius 1 is 0.277 bits per heavy atom. The molecule has 1 spiro atoms. The fourth-order valence-corrected chi connectivity index (χ4v) is 11.7. The highest BCUT2D eigenvalue weighted by molar-refractivity contribution is 6.01. The molecule has 13 rings (SSSR count). The predicted octanol–water partition coefficient (Wildman–Crippen LogP) is 16.8. The van der Waals surface area contributed by atoms with Crippen molar-refractivity contribution in [1.82, 2.24) is 0 Å². The molecule has 0 aromatic heterocycles. The number of fused-ring (bicyclic) bond motifs is 13. The number of anilines is 3. The maximum absolute atomic E-state index is 2.53. The molecule has 10 aromatic rings. The van der Waals surface area contributed by atoms with Gasteiger partial charge in [-0.1, -0.05) is 214 Å². The Kier molecular flexibility index (Phi) is 8.24. The predicted molar refractivity (Wildman–Crippen MR) is 271 cm³/mol. The van der Waals surface area contributed by atoms with Gasteiger partial charge in [0.2, 0.25) is 0 Å². The van der Waals surface area contributed by atoms with Crippen molar-refractivity contribution in [2.24, 2.45) is 0 Å². The summed E-state index contributed by atoms with van der Waals surface area (Å²) in [5, 5.41) is 0. The second kappa shape index (κ2) is 14.3. The lowest BCUT2D eigenvalue weighted by Gasteiger charge is -2.32. The lowest BCUT2D eigenvalue weighted by molar-refractivity contribution is 0.660. The molecule has 10 aromatic carbocycles. The van der Waals surface area contributed by atoms with Crippen LogP contribution in [-0.2, 0) is 10.8 Å². The third-order valence-corrected chi connectivity index (χ3v) is 14.7. The minimum atomic E-state index is -0.436.